The van der Waals surface area contributed by atoms with E-state index in [2.05, 4.69) is 19.9 Å². The number of pyridine rings is 2. The summed E-state index contributed by atoms with van der Waals surface area (Å²) in [7, 11) is 0. The topological polar surface area (TPSA) is 110 Å². The molecular formula is C22H22F3N5O4. The number of fused-ring (bicyclic) bond motifs is 1. The zero-order chi connectivity index (χ0) is 24.6. The summed E-state index contributed by atoms with van der Waals surface area (Å²) in [6.07, 6.45) is -3.65. The van der Waals surface area contributed by atoms with Crippen LogP contribution in [0.25, 0.3) is 11.0 Å². The molecule has 12 heteroatoms. The summed E-state index contributed by atoms with van der Waals surface area (Å²) in [6, 6.07) is 3.96. The van der Waals surface area contributed by atoms with Gasteiger partial charge in [-0.3, -0.25) is 9.59 Å². The number of carbonyl (C=O) groups excluding carboxylic acids is 1. The molecule has 1 N–H and O–H groups in total. The summed E-state index contributed by atoms with van der Waals surface area (Å²) in [4.78, 5) is 40.5. The predicted octanol–water partition coefficient (Wildman–Crippen LogP) is 2.87. The molecule has 0 saturated carbocycles. The quantitative estimate of drug-likeness (QED) is 0.615. The second kappa shape index (κ2) is 9.01. The highest BCUT2D eigenvalue weighted by atomic mass is 19.4. The minimum absolute atomic E-state index is 0.0180. The van der Waals surface area contributed by atoms with Crippen molar-refractivity contribution in [2.45, 2.75) is 45.8 Å². The van der Waals surface area contributed by atoms with Gasteiger partial charge >= 0.3 is 6.18 Å². The Labute approximate surface area is 191 Å². The van der Waals surface area contributed by atoms with Crippen LogP contribution in [0.5, 0.6) is 5.88 Å². The van der Waals surface area contributed by atoms with Gasteiger partial charge in [-0.2, -0.15) is 13.2 Å². The molecule has 3 aromatic rings. The SMILES string of the molecule is Cc1nc2nc(C(F)(F)F)c(COc3ccc(C(=O)N4CC(C)OC(C)C4)cn3)cc2c(=O)[nH]1. The second-order valence-corrected chi connectivity index (χ2v) is 8.16. The van der Waals surface area contributed by atoms with Gasteiger partial charge in [-0.1, -0.05) is 0 Å². The maximum absolute atomic E-state index is 13.6. The highest BCUT2D eigenvalue weighted by molar-refractivity contribution is 5.94. The Hall–Kier alpha value is -3.54. The summed E-state index contributed by atoms with van der Waals surface area (Å²) < 4.78 is 51.8. The van der Waals surface area contributed by atoms with Crippen molar-refractivity contribution in [3.63, 3.8) is 0 Å². The number of aromatic nitrogens is 4. The smallest absolute Gasteiger partial charge is 0.433 e. The number of alkyl halides is 3. The number of carbonyl (C=O) groups is 1. The van der Waals surface area contributed by atoms with Gasteiger partial charge in [0.15, 0.2) is 11.3 Å². The monoisotopic (exact) mass is 477 g/mol. The largest absolute Gasteiger partial charge is 0.473 e. The molecule has 1 fully saturated rings. The summed E-state index contributed by atoms with van der Waals surface area (Å²) in [5.41, 5.74) is -2.11. The third-order valence-corrected chi connectivity index (χ3v) is 5.23. The number of amides is 1. The van der Waals surface area contributed by atoms with E-state index in [1.54, 1.807) is 4.90 Å². The first-order valence-corrected chi connectivity index (χ1v) is 10.5. The molecule has 4 rings (SSSR count). The molecule has 4 heterocycles. The van der Waals surface area contributed by atoms with E-state index in [1.165, 1.54) is 25.3 Å². The highest BCUT2D eigenvalue weighted by Crippen LogP contribution is 2.32. The number of rotatable bonds is 4. The van der Waals surface area contributed by atoms with Crippen LogP contribution < -0.4 is 10.3 Å². The van der Waals surface area contributed by atoms with Gasteiger partial charge in [0, 0.05) is 30.9 Å². The lowest BCUT2D eigenvalue weighted by Crippen LogP contribution is -2.48. The van der Waals surface area contributed by atoms with Crippen molar-refractivity contribution in [3.05, 3.63) is 57.4 Å². The number of ether oxygens (including phenoxy) is 2. The van der Waals surface area contributed by atoms with Gasteiger partial charge in [-0.05, 0) is 32.9 Å². The number of aryl methyl sites for hydroxylation is 1. The fraction of sp³-hybridized carbons (Fsp3) is 0.409. The number of hydrogen-bond donors (Lipinski definition) is 1. The van der Waals surface area contributed by atoms with Crippen molar-refractivity contribution in [1.82, 2.24) is 24.8 Å². The maximum Gasteiger partial charge on any atom is 0.433 e. The van der Waals surface area contributed by atoms with Crippen molar-refractivity contribution < 1.29 is 27.4 Å². The second-order valence-electron chi connectivity index (χ2n) is 8.16. The number of nitrogens with zero attached hydrogens (tertiary/aromatic N) is 4. The molecule has 0 radical (unpaired) electrons. The molecule has 0 aliphatic carbocycles. The predicted molar refractivity (Wildman–Crippen MR) is 114 cm³/mol. The van der Waals surface area contributed by atoms with Crippen LogP contribution in [0, 0.1) is 6.92 Å². The lowest BCUT2D eigenvalue weighted by atomic mass is 10.1. The number of morpholine rings is 1. The highest BCUT2D eigenvalue weighted by Gasteiger charge is 2.36. The molecule has 0 spiro atoms. The molecular weight excluding hydrogens is 455 g/mol. The van der Waals surface area contributed by atoms with Crippen LogP contribution in [0.2, 0.25) is 0 Å². The van der Waals surface area contributed by atoms with Crippen LogP contribution in [0.3, 0.4) is 0 Å². The first-order valence-electron chi connectivity index (χ1n) is 10.5. The van der Waals surface area contributed by atoms with Gasteiger partial charge < -0.3 is 19.4 Å². The lowest BCUT2D eigenvalue weighted by molar-refractivity contribution is -0.142. The molecule has 3 aromatic heterocycles. The Morgan fingerprint density at radius 2 is 1.94 bits per heavy atom. The maximum atomic E-state index is 13.6. The molecule has 0 aromatic carbocycles. The van der Waals surface area contributed by atoms with Crippen molar-refractivity contribution >= 4 is 16.9 Å². The average Bonchev–Trinajstić information content (AvgIpc) is 2.76. The van der Waals surface area contributed by atoms with E-state index in [1.807, 2.05) is 13.8 Å². The molecule has 1 saturated heterocycles. The summed E-state index contributed by atoms with van der Waals surface area (Å²) in [5.74, 6) is -0.0486. The number of hydrogen-bond acceptors (Lipinski definition) is 7. The van der Waals surface area contributed by atoms with Gasteiger partial charge in [0.1, 0.15) is 12.4 Å². The van der Waals surface area contributed by atoms with Crippen LogP contribution in [0.4, 0.5) is 13.2 Å². The van der Waals surface area contributed by atoms with Crippen LogP contribution in [-0.4, -0.2) is 56.0 Å². The number of halogens is 3. The molecule has 1 aliphatic rings. The Bertz CT molecular complexity index is 1270. The van der Waals surface area contributed by atoms with E-state index in [9.17, 15) is 22.8 Å². The Kier molecular flexibility index (Phi) is 6.26. The van der Waals surface area contributed by atoms with E-state index in [-0.39, 0.29) is 46.4 Å². The molecule has 1 aliphatic heterocycles. The third-order valence-electron chi connectivity index (χ3n) is 5.23. The normalized spacial score (nSPS) is 18.8. The lowest BCUT2D eigenvalue weighted by Gasteiger charge is -2.35. The summed E-state index contributed by atoms with van der Waals surface area (Å²) in [5, 5.41) is -0.0833. The molecule has 1 amide bonds. The zero-order valence-electron chi connectivity index (χ0n) is 18.6. The standard InChI is InChI=1S/C22H22F3N5O4/c1-11-8-30(9-12(2)34-11)21(32)14-4-5-17(26-7-14)33-10-15-6-16-19(27-13(3)28-20(16)31)29-18(15)22(23,24)25/h4-7,11-12H,8-10H2,1-3H3,(H,27,28,29,31). The van der Waals surface area contributed by atoms with Crippen LogP contribution in [0.15, 0.2) is 29.2 Å². The van der Waals surface area contributed by atoms with E-state index in [4.69, 9.17) is 9.47 Å². The fourth-order valence-corrected chi connectivity index (χ4v) is 3.84. The van der Waals surface area contributed by atoms with Gasteiger partial charge in [-0.15, -0.1) is 0 Å². The molecule has 180 valence electrons. The van der Waals surface area contributed by atoms with Crippen molar-refractivity contribution in [2.24, 2.45) is 0 Å². The molecule has 34 heavy (non-hydrogen) atoms. The molecule has 9 nitrogen and oxygen atoms in total. The van der Waals surface area contributed by atoms with E-state index < -0.39 is 24.0 Å². The van der Waals surface area contributed by atoms with Crippen LogP contribution >= 0.6 is 0 Å². The Morgan fingerprint density at radius 3 is 2.56 bits per heavy atom. The van der Waals surface area contributed by atoms with Crippen LogP contribution in [-0.2, 0) is 17.5 Å². The minimum atomic E-state index is -4.78. The van der Waals surface area contributed by atoms with E-state index in [0.29, 0.717) is 18.7 Å². The van der Waals surface area contributed by atoms with Gasteiger partial charge in [-0.25, -0.2) is 15.0 Å². The number of nitrogens with one attached hydrogen (secondary N) is 1. The van der Waals surface area contributed by atoms with Gasteiger partial charge in [0.25, 0.3) is 11.5 Å². The Morgan fingerprint density at radius 1 is 1.24 bits per heavy atom. The third kappa shape index (κ3) is 5.01. The van der Waals surface area contributed by atoms with Crippen LogP contribution in [0.1, 0.15) is 41.3 Å². The zero-order valence-corrected chi connectivity index (χ0v) is 18.6. The minimum Gasteiger partial charge on any atom is -0.473 e. The average molecular weight is 477 g/mol. The fourth-order valence-electron chi connectivity index (χ4n) is 3.84. The Balaban J connectivity index is 1.53. The van der Waals surface area contributed by atoms with E-state index in [0.717, 1.165) is 6.07 Å². The number of H-pyrrole nitrogens is 1. The van der Waals surface area contributed by atoms with E-state index >= 15 is 0 Å². The van der Waals surface area contributed by atoms with Crippen molar-refractivity contribution in [3.8, 4) is 5.88 Å². The molecule has 0 bridgehead atoms. The summed E-state index contributed by atoms with van der Waals surface area (Å²) >= 11 is 0. The first-order chi connectivity index (χ1) is 16.0. The summed E-state index contributed by atoms with van der Waals surface area (Å²) in [6.45, 7) is 5.57. The van der Waals surface area contributed by atoms with Gasteiger partial charge in [0.05, 0.1) is 23.2 Å². The van der Waals surface area contributed by atoms with Crippen molar-refractivity contribution in [2.75, 3.05) is 13.1 Å². The first kappa shape index (κ1) is 23.6. The molecule has 2 unspecified atom stereocenters. The van der Waals surface area contributed by atoms with Crippen molar-refractivity contribution in [1.29, 1.82) is 0 Å². The van der Waals surface area contributed by atoms with Gasteiger partial charge in [0.2, 0.25) is 5.88 Å². The molecule has 2 atom stereocenters. The number of aromatic amines is 1.